The molecule has 1 unspecified atom stereocenters. The summed E-state index contributed by atoms with van der Waals surface area (Å²) in [6.07, 6.45) is 3.96. The number of rotatable bonds is 3. The Morgan fingerprint density at radius 2 is 2.33 bits per heavy atom. The monoisotopic (exact) mass is 207 g/mol. The van der Waals surface area contributed by atoms with E-state index in [4.69, 9.17) is 5.11 Å². The van der Waals surface area contributed by atoms with Crippen LogP contribution in [0.4, 0.5) is 5.82 Å². The molecule has 15 heavy (non-hydrogen) atoms. The van der Waals surface area contributed by atoms with Gasteiger partial charge in [-0.2, -0.15) is 0 Å². The molecule has 0 aromatic carbocycles. The lowest BCUT2D eigenvalue weighted by Crippen LogP contribution is -2.53. The highest BCUT2D eigenvalue weighted by Crippen LogP contribution is 2.23. The predicted molar refractivity (Wildman–Crippen MR) is 50.8 cm³/mol. The minimum absolute atomic E-state index is 0.242. The van der Waals surface area contributed by atoms with Crippen molar-refractivity contribution in [2.24, 2.45) is 0 Å². The molecule has 78 valence electrons. The highest BCUT2D eigenvalue weighted by atomic mass is 16.4. The van der Waals surface area contributed by atoms with Gasteiger partial charge in [0.15, 0.2) is 6.29 Å². The van der Waals surface area contributed by atoms with Gasteiger partial charge in [-0.05, 0) is 6.42 Å². The van der Waals surface area contributed by atoms with Gasteiger partial charge < -0.3 is 10.0 Å². The summed E-state index contributed by atoms with van der Waals surface area (Å²) in [5.74, 6) is -0.359. The van der Waals surface area contributed by atoms with Crippen LogP contribution < -0.4 is 4.90 Å². The number of aliphatic carboxylic acids is 1. The van der Waals surface area contributed by atoms with Crippen molar-refractivity contribution >= 4 is 18.1 Å². The molecular formula is C9H9N3O3. The van der Waals surface area contributed by atoms with Crippen molar-refractivity contribution in [3.05, 3.63) is 18.1 Å². The molecule has 0 spiro atoms. The Hall–Kier alpha value is -1.98. The molecule has 0 bridgehead atoms. The van der Waals surface area contributed by atoms with Crippen LogP contribution in [0.15, 0.2) is 12.4 Å². The van der Waals surface area contributed by atoms with Crippen molar-refractivity contribution in [2.75, 3.05) is 11.4 Å². The molecule has 1 aliphatic heterocycles. The molecular weight excluding hydrogens is 198 g/mol. The number of hydrogen-bond donors (Lipinski definition) is 1. The van der Waals surface area contributed by atoms with Crippen LogP contribution in [0.1, 0.15) is 16.9 Å². The molecule has 2 rings (SSSR count). The second kappa shape index (κ2) is 3.64. The lowest BCUT2D eigenvalue weighted by molar-refractivity contribution is -0.140. The molecule has 1 aliphatic rings. The number of carbonyl (C=O) groups excluding carboxylic acids is 1. The van der Waals surface area contributed by atoms with Gasteiger partial charge in [0.25, 0.3) is 0 Å². The van der Waals surface area contributed by atoms with Crippen LogP contribution in [-0.4, -0.2) is 39.9 Å². The number of aromatic nitrogens is 2. The highest BCUT2D eigenvalue weighted by molar-refractivity contribution is 5.79. The van der Waals surface area contributed by atoms with Crippen LogP contribution in [0.2, 0.25) is 0 Å². The Bertz CT molecular complexity index is 390. The molecule has 6 heteroatoms. The van der Waals surface area contributed by atoms with E-state index in [2.05, 4.69) is 9.97 Å². The minimum atomic E-state index is -0.859. The first-order valence-corrected chi connectivity index (χ1v) is 4.49. The van der Waals surface area contributed by atoms with E-state index in [9.17, 15) is 9.59 Å². The molecule has 1 fully saturated rings. The Morgan fingerprint density at radius 3 is 2.73 bits per heavy atom. The summed E-state index contributed by atoms with van der Waals surface area (Å²) >= 11 is 0. The number of carbonyl (C=O) groups is 2. The number of anilines is 1. The van der Waals surface area contributed by atoms with Crippen LogP contribution in [0.25, 0.3) is 0 Å². The van der Waals surface area contributed by atoms with Crippen LogP contribution in [0, 0.1) is 0 Å². The summed E-state index contributed by atoms with van der Waals surface area (Å²) in [6, 6.07) is -0.513. The van der Waals surface area contributed by atoms with Crippen LogP contribution in [-0.2, 0) is 4.79 Å². The van der Waals surface area contributed by atoms with Crippen LogP contribution in [0.3, 0.4) is 0 Å². The van der Waals surface area contributed by atoms with Crippen molar-refractivity contribution in [3.8, 4) is 0 Å². The summed E-state index contributed by atoms with van der Waals surface area (Å²) < 4.78 is 0. The van der Waals surface area contributed by atoms with E-state index in [0.717, 1.165) is 0 Å². The van der Waals surface area contributed by atoms with E-state index in [1.54, 1.807) is 4.90 Å². The largest absolute Gasteiger partial charge is 0.480 e. The smallest absolute Gasteiger partial charge is 0.326 e. The molecule has 0 radical (unpaired) electrons. The number of carboxylic acid groups (broad SMARTS) is 1. The van der Waals surface area contributed by atoms with Gasteiger partial charge in [-0.25, -0.2) is 14.8 Å². The van der Waals surface area contributed by atoms with Gasteiger partial charge in [-0.15, -0.1) is 0 Å². The zero-order chi connectivity index (χ0) is 10.8. The van der Waals surface area contributed by atoms with Gasteiger partial charge in [0.2, 0.25) is 0 Å². The topological polar surface area (TPSA) is 83.4 Å². The first-order chi connectivity index (χ1) is 7.22. The zero-order valence-corrected chi connectivity index (χ0v) is 7.83. The number of aldehydes is 1. The van der Waals surface area contributed by atoms with Gasteiger partial charge in [-0.1, -0.05) is 0 Å². The first-order valence-electron chi connectivity index (χ1n) is 4.49. The standard InChI is InChI=1S/C9H9N3O3/c13-5-6-3-11-8(4-10-6)12-2-1-7(12)9(14)15/h3-5,7H,1-2H2,(H,14,15). The molecule has 1 N–H and O–H groups in total. The van der Waals surface area contributed by atoms with E-state index >= 15 is 0 Å². The van der Waals surface area contributed by atoms with Crippen molar-refractivity contribution in [1.29, 1.82) is 0 Å². The Morgan fingerprint density at radius 1 is 1.53 bits per heavy atom. The minimum Gasteiger partial charge on any atom is -0.480 e. The van der Waals surface area contributed by atoms with E-state index < -0.39 is 12.0 Å². The number of carboxylic acids is 1. The fraction of sp³-hybridized carbons (Fsp3) is 0.333. The van der Waals surface area contributed by atoms with Crippen molar-refractivity contribution in [2.45, 2.75) is 12.5 Å². The summed E-state index contributed by atoms with van der Waals surface area (Å²) in [4.78, 5) is 30.5. The SMILES string of the molecule is O=Cc1cnc(N2CCC2C(=O)O)cn1. The maximum absolute atomic E-state index is 10.7. The summed E-state index contributed by atoms with van der Waals surface area (Å²) in [5.41, 5.74) is 0.242. The van der Waals surface area contributed by atoms with E-state index in [0.29, 0.717) is 25.1 Å². The third kappa shape index (κ3) is 1.65. The second-order valence-electron chi connectivity index (χ2n) is 3.25. The molecule has 0 aliphatic carbocycles. The van der Waals surface area contributed by atoms with Crippen molar-refractivity contribution < 1.29 is 14.7 Å². The normalized spacial score (nSPS) is 19.5. The van der Waals surface area contributed by atoms with E-state index in [-0.39, 0.29) is 5.69 Å². The Balaban J connectivity index is 2.16. The number of hydrogen-bond acceptors (Lipinski definition) is 5. The van der Waals surface area contributed by atoms with E-state index in [1.165, 1.54) is 12.4 Å². The van der Waals surface area contributed by atoms with Gasteiger partial charge in [-0.3, -0.25) is 4.79 Å². The van der Waals surface area contributed by atoms with Gasteiger partial charge in [0.05, 0.1) is 12.4 Å². The predicted octanol–water partition coefficient (Wildman–Crippen LogP) is -0.0476. The summed E-state index contributed by atoms with van der Waals surface area (Å²) in [7, 11) is 0. The fourth-order valence-corrected chi connectivity index (χ4v) is 1.46. The van der Waals surface area contributed by atoms with Gasteiger partial charge in [0, 0.05) is 6.54 Å². The maximum Gasteiger partial charge on any atom is 0.326 e. The summed E-state index contributed by atoms with van der Waals surface area (Å²) in [5, 5.41) is 8.82. The van der Waals surface area contributed by atoms with Crippen LogP contribution >= 0.6 is 0 Å². The van der Waals surface area contributed by atoms with Crippen molar-refractivity contribution in [3.63, 3.8) is 0 Å². The Labute approximate surface area is 85.6 Å². The molecule has 6 nitrogen and oxygen atoms in total. The average molecular weight is 207 g/mol. The Kier molecular flexibility index (Phi) is 2.32. The average Bonchev–Trinajstić information content (AvgIpc) is 2.16. The molecule has 0 amide bonds. The molecule has 1 aromatic heterocycles. The second-order valence-corrected chi connectivity index (χ2v) is 3.25. The molecule has 1 saturated heterocycles. The fourth-order valence-electron chi connectivity index (χ4n) is 1.46. The number of nitrogens with zero attached hydrogens (tertiary/aromatic N) is 3. The quantitative estimate of drug-likeness (QED) is 0.700. The molecule has 1 aromatic rings. The maximum atomic E-state index is 10.7. The first kappa shape index (κ1) is 9.57. The third-order valence-corrected chi connectivity index (χ3v) is 2.38. The lowest BCUT2D eigenvalue weighted by atomic mass is 10.0. The van der Waals surface area contributed by atoms with Crippen molar-refractivity contribution in [1.82, 2.24) is 9.97 Å². The zero-order valence-electron chi connectivity index (χ0n) is 7.83. The van der Waals surface area contributed by atoms with Crippen LogP contribution in [0.5, 0.6) is 0 Å². The third-order valence-electron chi connectivity index (χ3n) is 2.38. The highest BCUT2D eigenvalue weighted by Gasteiger charge is 2.34. The summed E-state index contributed by atoms with van der Waals surface area (Å²) in [6.45, 7) is 0.659. The van der Waals surface area contributed by atoms with Gasteiger partial charge in [0.1, 0.15) is 17.6 Å². The molecule has 2 heterocycles. The van der Waals surface area contributed by atoms with E-state index in [1.807, 2.05) is 0 Å². The molecule has 1 atom stereocenters. The molecule has 0 saturated carbocycles. The van der Waals surface area contributed by atoms with Gasteiger partial charge >= 0.3 is 5.97 Å². The lowest BCUT2D eigenvalue weighted by Gasteiger charge is -2.38.